The molecule has 1 saturated heterocycles. The zero-order valence-corrected chi connectivity index (χ0v) is 9.23. The van der Waals surface area contributed by atoms with Crippen molar-refractivity contribution in [3.8, 4) is 0 Å². The molecule has 1 fully saturated rings. The fraction of sp³-hybridized carbons (Fsp3) is 0.500. The van der Waals surface area contributed by atoms with E-state index < -0.39 is 0 Å². The summed E-state index contributed by atoms with van der Waals surface area (Å²) in [5.74, 6) is 0.0706. The van der Waals surface area contributed by atoms with Gasteiger partial charge in [-0.25, -0.2) is 0 Å². The van der Waals surface area contributed by atoms with Crippen molar-refractivity contribution >= 4 is 17.2 Å². The highest BCUT2D eigenvalue weighted by Crippen LogP contribution is 2.14. The molecule has 76 valence electrons. The largest absolute Gasteiger partial charge is 0.346 e. The third kappa shape index (κ3) is 1.96. The molecule has 0 spiro atoms. The van der Waals surface area contributed by atoms with Crippen molar-refractivity contribution in [3.63, 3.8) is 0 Å². The number of thiophene rings is 1. The van der Waals surface area contributed by atoms with E-state index in [2.05, 4.69) is 17.3 Å². The first-order valence-corrected chi connectivity index (χ1v) is 5.57. The predicted octanol–water partition coefficient (Wildman–Crippen LogP) is 1.10. The molecule has 4 heteroatoms. The number of nitrogens with one attached hydrogen (secondary N) is 1. The Morgan fingerprint density at radius 2 is 2.36 bits per heavy atom. The number of amides is 1. The Morgan fingerprint density at radius 1 is 1.64 bits per heavy atom. The highest BCUT2D eigenvalue weighted by molar-refractivity contribution is 7.12. The minimum Gasteiger partial charge on any atom is -0.346 e. The van der Waals surface area contributed by atoms with Gasteiger partial charge in [0.05, 0.1) is 10.9 Å². The molecule has 0 unspecified atom stereocenters. The van der Waals surface area contributed by atoms with Crippen LogP contribution in [-0.4, -0.2) is 37.0 Å². The van der Waals surface area contributed by atoms with E-state index in [4.69, 9.17) is 0 Å². The van der Waals surface area contributed by atoms with Crippen molar-refractivity contribution in [1.82, 2.24) is 10.2 Å². The highest BCUT2D eigenvalue weighted by Gasteiger charge is 2.25. The number of rotatable bonds is 2. The first-order valence-electron chi connectivity index (χ1n) is 4.69. The molecular formula is C10H14N2OS. The Morgan fingerprint density at radius 3 is 2.86 bits per heavy atom. The minimum atomic E-state index is 0.0706. The number of likely N-dealkylation sites (N-methyl/N-ethyl adjacent to an activating group) is 1. The van der Waals surface area contributed by atoms with E-state index in [9.17, 15) is 4.79 Å². The molecule has 1 N–H and O–H groups in total. The van der Waals surface area contributed by atoms with Gasteiger partial charge in [0.2, 0.25) is 0 Å². The number of carbonyl (C=O) groups excluding carboxylic acids is 1. The lowest BCUT2D eigenvalue weighted by Crippen LogP contribution is -2.57. The van der Waals surface area contributed by atoms with Crippen LogP contribution in [0.4, 0.5) is 0 Å². The van der Waals surface area contributed by atoms with Gasteiger partial charge in [-0.1, -0.05) is 0 Å². The summed E-state index contributed by atoms with van der Waals surface area (Å²) in [6, 6.07) is 2.28. The molecule has 0 radical (unpaired) electrons. The molecule has 0 saturated carbocycles. The summed E-state index contributed by atoms with van der Waals surface area (Å²) in [7, 11) is 2.05. The molecule has 1 aromatic heterocycles. The van der Waals surface area contributed by atoms with E-state index >= 15 is 0 Å². The Labute approximate surface area is 87.7 Å². The molecule has 1 aliphatic rings. The van der Waals surface area contributed by atoms with Crippen LogP contribution in [0, 0.1) is 6.92 Å². The van der Waals surface area contributed by atoms with Crippen molar-refractivity contribution in [2.45, 2.75) is 13.0 Å². The first-order chi connectivity index (χ1) is 6.65. The molecule has 2 heterocycles. The fourth-order valence-electron chi connectivity index (χ4n) is 1.60. The lowest BCUT2D eigenvalue weighted by atomic mass is 10.1. The van der Waals surface area contributed by atoms with Crippen LogP contribution in [0.5, 0.6) is 0 Å². The van der Waals surface area contributed by atoms with Crippen molar-refractivity contribution in [2.75, 3.05) is 20.1 Å². The van der Waals surface area contributed by atoms with Gasteiger partial charge in [-0.3, -0.25) is 4.79 Å². The lowest BCUT2D eigenvalue weighted by molar-refractivity contribution is 0.0862. The molecule has 0 aliphatic carbocycles. The summed E-state index contributed by atoms with van der Waals surface area (Å²) in [5, 5.41) is 5.01. The van der Waals surface area contributed by atoms with Crippen LogP contribution in [0.15, 0.2) is 11.4 Å². The predicted molar refractivity (Wildman–Crippen MR) is 57.8 cm³/mol. The van der Waals surface area contributed by atoms with Crippen molar-refractivity contribution in [1.29, 1.82) is 0 Å². The average molecular weight is 210 g/mol. The molecule has 0 atom stereocenters. The molecule has 1 amide bonds. The van der Waals surface area contributed by atoms with E-state index in [0.29, 0.717) is 6.04 Å². The molecule has 2 rings (SSSR count). The topological polar surface area (TPSA) is 32.3 Å². The molecule has 3 nitrogen and oxygen atoms in total. The van der Waals surface area contributed by atoms with E-state index in [1.54, 1.807) is 0 Å². The van der Waals surface area contributed by atoms with Crippen molar-refractivity contribution in [2.24, 2.45) is 0 Å². The number of carbonyl (C=O) groups is 1. The second-order valence-electron chi connectivity index (χ2n) is 3.88. The lowest BCUT2D eigenvalue weighted by Gasteiger charge is -2.36. The van der Waals surface area contributed by atoms with Gasteiger partial charge in [0.1, 0.15) is 0 Å². The zero-order valence-electron chi connectivity index (χ0n) is 8.41. The molecule has 0 aromatic carbocycles. The summed E-state index contributed by atoms with van der Waals surface area (Å²) >= 11 is 1.51. The second kappa shape index (κ2) is 3.71. The minimum absolute atomic E-state index is 0.0706. The number of aryl methyl sites for hydroxylation is 1. The summed E-state index contributed by atoms with van der Waals surface area (Å²) in [4.78, 5) is 14.7. The van der Waals surface area contributed by atoms with Crippen LogP contribution < -0.4 is 5.32 Å². The number of hydrogen-bond donors (Lipinski definition) is 1. The first kappa shape index (κ1) is 9.68. The number of hydrogen-bond acceptors (Lipinski definition) is 3. The van der Waals surface area contributed by atoms with Crippen LogP contribution in [0.2, 0.25) is 0 Å². The van der Waals surface area contributed by atoms with E-state index in [1.807, 2.05) is 18.4 Å². The van der Waals surface area contributed by atoms with Gasteiger partial charge in [0, 0.05) is 13.1 Å². The molecule has 1 aromatic rings. The summed E-state index contributed by atoms with van der Waals surface area (Å²) in [5.41, 5.74) is 1.16. The monoisotopic (exact) mass is 210 g/mol. The Hall–Kier alpha value is -0.870. The summed E-state index contributed by atoms with van der Waals surface area (Å²) in [6.45, 7) is 3.94. The zero-order chi connectivity index (χ0) is 10.1. The normalized spacial score (nSPS) is 17.9. The van der Waals surface area contributed by atoms with Crippen LogP contribution >= 0.6 is 11.3 Å². The SMILES string of the molecule is Cc1csc(C(=O)NC2CN(C)C2)c1. The molecule has 1 aliphatic heterocycles. The van der Waals surface area contributed by atoms with Gasteiger partial charge in [-0.15, -0.1) is 11.3 Å². The van der Waals surface area contributed by atoms with Crippen molar-refractivity contribution in [3.05, 3.63) is 21.9 Å². The van der Waals surface area contributed by atoms with Crippen LogP contribution in [0.3, 0.4) is 0 Å². The van der Waals surface area contributed by atoms with Gasteiger partial charge in [-0.2, -0.15) is 0 Å². The maximum atomic E-state index is 11.6. The smallest absolute Gasteiger partial charge is 0.261 e. The maximum absolute atomic E-state index is 11.6. The second-order valence-corrected chi connectivity index (χ2v) is 4.79. The van der Waals surface area contributed by atoms with Crippen LogP contribution in [0.1, 0.15) is 15.2 Å². The van der Waals surface area contributed by atoms with Gasteiger partial charge in [0.25, 0.3) is 5.91 Å². The third-order valence-electron chi connectivity index (χ3n) is 2.35. The van der Waals surface area contributed by atoms with Gasteiger partial charge in [-0.05, 0) is 31.0 Å². The molecule has 14 heavy (non-hydrogen) atoms. The fourth-order valence-corrected chi connectivity index (χ4v) is 2.40. The Kier molecular flexibility index (Phi) is 2.56. The number of likely N-dealkylation sites (tertiary alicyclic amines) is 1. The van der Waals surface area contributed by atoms with Gasteiger partial charge >= 0.3 is 0 Å². The molecular weight excluding hydrogens is 196 g/mol. The third-order valence-corrected chi connectivity index (χ3v) is 3.40. The van der Waals surface area contributed by atoms with Gasteiger partial charge in [0.15, 0.2) is 0 Å². The van der Waals surface area contributed by atoms with Gasteiger partial charge < -0.3 is 10.2 Å². The van der Waals surface area contributed by atoms with Crippen LogP contribution in [0.25, 0.3) is 0 Å². The van der Waals surface area contributed by atoms with Crippen LogP contribution in [-0.2, 0) is 0 Å². The average Bonchev–Trinajstić information content (AvgIpc) is 2.49. The summed E-state index contributed by atoms with van der Waals surface area (Å²) < 4.78 is 0. The Bertz CT molecular complexity index is 342. The summed E-state index contributed by atoms with van der Waals surface area (Å²) in [6.07, 6.45) is 0. The van der Waals surface area contributed by atoms with E-state index in [-0.39, 0.29) is 5.91 Å². The maximum Gasteiger partial charge on any atom is 0.261 e. The molecule has 0 bridgehead atoms. The highest BCUT2D eigenvalue weighted by atomic mass is 32.1. The Balaban J connectivity index is 1.90. The van der Waals surface area contributed by atoms with E-state index in [0.717, 1.165) is 23.5 Å². The standard InChI is InChI=1S/C10H14N2OS/c1-7-3-9(14-6-7)10(13)11-8-4-12(2)5-8/h3,6,8H,4-5H2,1-2H3,(H,11,13). The number of nitrogens with zero attached hydrogens (tertiary/aromatic N) is 1. The van der Waals surface area contributed by atoms with E-state index in [1.165, 1.54) is 11.3 Å². The quantitative estimate of drug-likeness (QED) is 0.793. The van der Waals surface area contributed by atoms with Crippen molar-refractivity contribution < 1.29 is 4.79 Å².